The van der Waals surface area contributed by atoms with E-state index in [1.165, 1.54) is 22.9 Å². The van der Waals surface area contributed by atoms with E-state index in [0.29, 0.717) is 12.3 Å². The lowest BCUT2D eigenvalue weighted by molar-refractivity contribution is -0.119. The van der Waals surface area contributed by atoms with Gasteiger partial charge in [0.25, 0.3) is 0 Å². The predicted octanol–water partition coefficient (Wildman–Crippen LogP) is 4.75. The quantitative estimate of drug-likeness (QED) is 0.541. The first kappa shape index (κ1) is 20.7. The number of thioether (sulfide) groups is 1. The van der Waals surface area contributed by atoms with Gasteiger partial charge in [0.1, 0.15) is 0 Å². The van der Waals surface area contributed by atoms with Crippen molar-refractivity contribution in [1.82, 2.24) is 15.3 Å². The Morgan fingerprint density at radius 1 is 1.10 bits per heavy atom. The third-order valence-corrected chi connectivity index (χ3v) is 6.11. The SMILES string of the molecule is Cc1ccc(-c2nc(SCC(=O)NC[C@H]3CCCO3)[nH]c2-c2ccc(C)cc2)cc1. The van der Waals surface area contributed by atoms with Crippen molar-refractivity contribution in [3.63, 3.8) is 0 Å². The summed E-state index contributed by atoms with van der Waals surface area (Å²) in [4.78, 5) is 20.5. The van der Waals surface area contributed by atoms with Gasteiger partial charge in [-0.1, -0.05) is 71.4 Å². The van der Waals surface area contributed by atoms with Crippen LogP contribution in [-0.4, -0.2) is 40.9 Å². The second kappa shape index (κ2) is 9.49. The van der Waals surface area contributed by atoms with E-state index < -0.39 is 0 Å². The van der Waals surface area contributed by atoms with Crippen LogP contribution in [0.3, 0.4) is 0 Å². The van der Waals surface area contributed by atoms with E-state index in [1.807, 2.05) is 0 Å². The highest BCUT2D eigenvalue weighted by Gasteiger charge is 2.18. The number of carbonyl (C=O) groups is 1. The smallest absolute Gasteiger partial charge is 0.230 e. The number of nitrogens with zero attached hydrogens (tertiary/aromatic N) is 1. The number of rotatable bonds is 7. The van der Waals surface area contributed by atoms with Crippen molar-refractivity contribution in [2.45, 2.75) is 37.9 Å². The van der Waals surface area contributed by atoms with Crippen molar-refractivity contribution in [2.24, 2.45) is 0 Å². The predicted molar refractivity (Wildman–Crippen MR) is 122 cm³/mol. The van der Waals surface area contributed by atoms with Gasteiger partial charge in [-0.2, -0.15) is 0 Å². The molecule has 1 atom stereocenters. The summed E-state index contributed by atoms with van der Waals surface area (Å²) in [5.41, 5.74) is 6.44. The number of amides is 1. The van der Waals surface area contributed by atoms with Crippen LogP contribution in [0.15, 0.2) is 53.7 Å². The molecule has 1 amide bonds. The van der Waals surface area contributed by atoms with Gasteiger partial charge in [-0.05, 0) is 26.7 Å². The average molecular weight is 422 g/mol. The largest absolute Gasteiger partial charge is 0.376 e. The standard InChI is InChI=1S/C24H27N3O2S/c1-16-5-9-18(10-6-16)22-23(19-11-7-17(2)8-12-19)27-24(26-22)30-15-21(28)25-14-20-4-3-13-29-20/h5-12,20H,3-4,13-15H2,1-2H3,(H,25,28)(H,26,27)/t20-/m1/s1. The van der Waals surface area contributed by atoms with Crippen molar-refractivity contribution in [3.8, 4) is 22.5 Å². The van der Waals surface area contributed by atoms with Crippen molar-refractivity contribution < 1.29 is 9.53 Å². The molecule has 0 unspecified atom stereocenters. The third kappa shape index (κ3) is 5.12. The Kier molecular flexibility index (Phi) is 6.55. The molecule has 6 heteroatoms. The zero-order valence-electron chi connectivity index (χ0n) is 17.4. The minimum absolute atomic E-state index is 0.000622. The van der Waals surface area contributed by atoms with E-state index in [9.17, 15) is 4.79 Å². The number of aromatic amines is 1. The van der Waals surface area contributed by atoms with Crippen molar-refractivity contribution in [1.29, 1.82) is 0 Å². The normalized spacial score (nSPS) is 16.0. The van der Waals surface area contributed by atoms with E-state index in [0.717, 1.165) is 47.1 Å². The molecule has 156 valence electrons. The molecule has 4 rings (SSSR count). The maximum atomic E-state index is 12.3. The summed E-state index contributed by atoms with van der Waals surface area (Å²) < 4.78 is 5.56. The molecular formula is C24H27N3O2S. The number of hydrogen-bond acceptors (Lipinski definition) is 4. The van der Waals surface area contributed by atoms with Gasteiger partial charge in [0, 0.05) is 24.3 Å². The Hall–Kier alpha value is -2.57. The van der Waals surface area contributed by atoms with E-state index in [2.05, 4.69) is 72.7 Å². The molecule has 0 saturated carbocycles. The van der Waals surface area contributed by atoms with Gasteiger partial charge in [-0.3, -0.25) is 4.79 Å². The number of nitrogens with one attached hydrogen (secondary N) is 2. The monoisotopic (exact) mass is 421 g/mol. The molecule has 1 aliphatic rings. The lowest BCUT2D eigenvalue weighted by atomic mass is 10.0. The van der Waals surface area contributed by atoms with Crippen LogP contribution in [0, 0.1) is 13.8 Å². The van der Waals surface area contributed by atoms with E-state index in [1.54, 1.807) is 0 Å². The number of imidazole rings is 1. The van der Waals surface area contributed by atoms with Gasteiger partial charge in [0.05, 0.1) is 23.2 Å². The molecular weight excluding hydrogens is 394 g/mol. The highest BCUT2D eigenvalue weighted by Crippen LogP contribution is 2.33. The fourth-order valence-corrected chi connectivity index (χ4v) is 4.19. The Bertz CT molecular complexity index is 927. The summed E-state index contributed by atoms with van der Waals surface area (Å²) in [6.45, 7) is 5.53. The van der Waals surface area contributed by atoms with Crippen LogP contribution in [0.25, 0.3) is 22.5 Å². The number of benzene rings is 2. The molecule has 3 aromatic rings. The fraction of sp³-hybridized carbons (Fsp3) is 0.333. The summed E-state index contributed by atoms with van der Waals surface area (Å²) in [6.07, 6.45) is 2.25. The maximum Gasteiger partial charge on any atom is 0.230 e. The first-order valence-corrected chi connectivity index (χ1v) is 11.3. The van der Waals surface area contributed by atoms with Gasteiger partial charge in [-0.25, -0.2) is 4.98 Å². The highest BCUT2D eigenvalue weighted by atomic mass is 32.2. The Labute approximate surface area is 181 Å². The van der Waals surface area contributed by atoms with Crippen LogP contribution in [0.1, 0.15) is 24.0 Å². The van der Waals surface area contributed by atoms with Crippen molar-refractivity contribution >= 4 is 17.7 Å². The van der Waals surface area contributed by atoms with Crippen LogP contribution in [-0.2, 0) is 9.53 Å². The molecule has 2 aromatic carbocycles. The highest BCUT2D eigenvalue weighted by molar-refractivity contribution is 7.99. The third-order valence-electron chi connectivity index (χ3n) is 5.24. The Morgan fingerprint density at radius 3 is 2.40 bits per heavy atom. The van der Waals surface area contributed by atoms with Crippen LogP contribution in [0.4, 0.5) is 0 Å². The lowest BCUT2D eigenvalue weighted by Gasteiger charge is -2.10. The number of ether oxygens (including phenoxy) is 1. The zero-order valence-corrected chi connectivity index (χ0v) is 18.2. The molecule has 1 fully saturated rings. The topological polar surface area (TPSA) is 67.0 Å². The Morgan fingerprint density at radius 2 is 1.77 bits per heavy atom. The Balaban J connectivity index is 1.50. The van der Waals surface area contributed by atoms with Crippen LogP contribution >= 0.6 is 11.8 Å². The molecule has 1 saturated heterocycles. The number of H-pyrrole nitrogens is 1. The van der Waals surface area contributed by atoms with Crippen LogP contribution < -0.4 is 5.32 Å². The molecule has 0 radical (unpaired) electrons. The van der Waals surface area contributed by atoms with Gasteiger partial charge in [-0.15, -0.1) is 0 Å². The first-order chi connectivity index (χ1) is 14.6. The first-order valence-electron chi connectivity index (χ1n) is 10.3. The molecule has 30 heavy (non-hydrogen) atoms. The second-order valence-corrected chi connectivity index (χ2v) is 8.69. The van der Waals surface area contributed by atoms with Crippen molar-refractivity contribution in [3.05, 3.63) is 59.7 Å². The summed E-state index contributed by atoms with van der Waals surface area (Å²) >= 11 is 1.42. The van der Waals surface area contributed by atoms with Crippen LogP contribution in [0.2, 0.25) is 0 Å². The van der Waals surface area contributed by atoms with E-state index >= 15 is 0 Å². The maximum absolute atomic E-state index is 12.3. The molecule has 0 spiro atoms. The zero-order chi connectivity index (χ0) is 20.9. The molecule has 2 heterocycles. The van der Waals surface area contributed by atoms with Gasteiger partial charge < -0.3 is 15.0 Å². The summed E-state index contributed by atoms with van der Waals surface area (Å²) in [6, 6.07) is 16.8. The summed E-state index contributed by atoms with van der Waals surface area (Å²) in [5.74, 6) is 0.321. The molecule has 1 aliphatic heterocycles. The molecule has 2 N–H and O–H groups in total. The number of hydrogen-bond donors (Lipinski definition) is 2. The van der Waals surface area contributed by atoms with Gasteiger partial charge >= 0.3 is 0 Å². The average Bonchev–Trinajstić information content (AvgIpc) is 3.42. The number of aromatic nitrogens is 2. The van der Waals surface area contributed by atoms with E-state index in [4.69, 9.17) is 9.72 Å². The van der Waals surface area contributed by atoms with Gasteiger partial charge in [0.15, 0.2) is 5.16 Å². The molecule has 0 aliphatic carbocycles. The minimum atomic E-state index is 0.000622. The molecule has 5 nitrogen and oxygen atoms in total. The number of carbonyl (C=O) groups excluding carboxylic acids is 1. The lowest BCUT2D eigenvalue weighted by Crippen LogP contribution is -2.32. The minimum Gasteiger partial charge on any atom is -0.376 e. The second-order valence-electron chi connectivity index (χ2n) is 7.73. The fourth-order valence-electron chi connectivity index (χ4n) is 3.49. The summed E-state index contributed by atoms with van der Waals surface area (Å²) in [7, 11) is 0. The van der Waals surface area contributed by atoms with Crippen molar-refractivity contribution in [2.75, 3.05) is 18.9 Å². The van der Waals surface area contributed by atoms with E-state index in [-0.39, 0.29) is 12.0 Å². The molecule has 0 bridgehead atoms. The number of aryl methyl sites for hydroxylation is 2. The summed E-state index contributed by atoms with van der Waals surface area (Å²) in [5, 5.41) is 3.71. The molecule has 1 aromatic heterocycles. The van der Waals surface area contributed by atoms with Gasteiger partial charge in [0.2, 0.25) is 5.91 Å². The van der Waals surface area contributed by atoms with Crippen LogP contribution in [0.5, 0.6) is 0 Å².